The van der Waals surface area contributed by atoms with Crippen molar-refractivity contribution >= 4 is 38.1 Å². The minimum Gasteiger partial charge on any atom is -0.389 e. The number of thiazole rings is 1. The predicted molar refractivity (Wildman–Crippen MR) is 116 cm³/mol. The molecular weight excluding hydrogens is 463 g/mol. The Labute approximate surface area is 189 Å². The van der Waals surface area contributed by atoms with Gasteiger partial charge >= 0.3 is 0 Å². The number of sulfonamides is 1. The molecule has 0 aliphatic carbocycles. The summed E-state index contributed by atoms with van der Waals surface area (Å²) in [6.07, 6.45) is 1.31. The van der Waals surface area contributed by atoms with E-state index in [9.17, 15) is 17.6 Å². The highest BCUT2D eigenvalue weighted by Gasteiger charge is 2.23. The molecule has 1 saturated heterocycles. The van der Waals surface area contributed by atoms with Crippen LogP contribution in [-0.4, -0.2) is 76.0 Å². The lowest BCUT2D eigenvalue weighted by atomic mass is 10.1. The highest BCUT2D eigenvalue weighted by Crippen LogP contribution is 2.19. The van der Waals surface area contributed by atoms with Gasteiger partial charge in [0.15, 0.2) is 22.1 Å². The number of carbonyl (C=O) groups is 1. The zero-order valence-corrected chi connectivity index (χ0v) is 19.1. The largest absolute Gasteiger partial charge is 0.389 e. The van der Waals surface area contributed by atoms with E-state index in [4.69, 9.17) is 14.3 Å². The Kier molecular flexibility index (Phi) is 8.26. The molecule has 1 aliphatic heterocycles. The normalized spacial score (nSPS) is 17.0. The molecule has 2 aromatic rings. The van der Waals surface area contributed by atoms with Gasteiger partial charge in [-0.25, -0.2) is 13.4 Å². The van der Waals surface area contributed by atoms with Gasteiger partial charge in [-0.05, 0) is 12.1 Å². The number of rotatable bonds is 10. The summed E-state index contributed by atoms with van der Waals surface area (Å²) < 4.78 is 49.9. The van der Waals surface area contributed by atoms with Gasteiger partial charge in [-0.1, -0.05) is 28.6 Å². The van der Waals surface area contributed by atoms with Crippen molar-refractivity contribution in [2.75, 3.05) is 45.8 Å². The highest BCUT2D eigenvalue weighted by molar-refractivity contribution is 7.89. The maximum Gasteiger partial charge on any atom is 0.280 e. The molecule has 1 atom stereocenters. The Morgan fingerprint density at radius 1 is 1.41 bits per heavy atom. The van der Waals surface area contributed by atoms with Gasteiger partial charge in [0.05, 0.1) is 30.9 Å². The van der Waals surface area contributed by atoms with E-state index in [2.05, 4.69) is 15.5 Å². The number of oxime groups is 1. The first-order valence-corrected chi connectivity index (χ1v) is 11.9. The van der Waals surface area contributed by atoms with Crippen molar-refractivity contribution in [3.05, 3.63) is 41.2 Å². The molecule has 2 heterocycles. The van der Waals surface area contributed by atoms with Gasteiger partial charge in [0.25, 0.3) is 5.91 Å². The smallest absolute Gasteiger partial charge is 0.280 e. The van der Waals surface area contributed by atoms with Crippen LogP contribution in [-0.2, 0) is 29.1 Å². The van der Waals surface area contributed by atoms with Gasteiger partial charge in [0, 0.05) is 32.7 Å². The van der Waals surface area contributed by atoms with Crippen molar-refractivity contribution in [3.63, 3.8) is 0 Å². The van der Waals surface area contributed by atoms with E-state index >= 15 is 0 Å². The van der Waals surface area contributed by atoms with E-state index in [1.807, 2.05) is 0 Å². The van der Waals surface area contributed by atoms with Crippen LogP contribution in [0.4, 0.5) is 9.52 Å². The Balaban J connectivity index is 1.83. The Morgan fingerprint density at radius 2 is 2.16 bits per heavy atom. The number of carbonyl (C=O) groups excluding carboxylic acids is 1. The number of nitrogens with zero attached hydrogens (tertiary/aromatic N) is 3. The fraction of sp³-hybridized carbons (Fsp3) is 0.421. The summed E-state index contributed by atoms with van der Waals surface area (Å²) in [6, 6.07) is 5.65. The quantitative estimate of drug-likeness (QED) is 0.401. The fourth-order valence-electron chi connectivity index (χ4n) is 2.72. The molecule has 10 nitrogen and oxygen atoms in total. The fourth-order valence-corrected chi connectivity index (χ4v) is 4.42. The van der Waals surface area contributed by atoms with Crippen LogP contribution < -0.4 is 5.32 Å². The van der Waals surface area contributed by atoms with Gasteiger partial charge in [0.2, 0.25) is 10.0 Å². The minimum absolute atomic E-state index is 0.0479. The molecule has 13 heteroatoms. The Bertz CT molecular complexity index is 1050. The molecule has 0 spiro atoms. The van der Waals surface area contributed by atoms with Crippen LogP contribution in [0.5, 0.6) is 0 Å². The minimum atomic E-state index is -3.73. The first kappa shape index (κ1) is 24.2. The Hall–Kier alpha value is -2.45. The first-order valence-electron chi connectivity index (χ1n) is 9.61. The van der Waals surface area contributed by atoms with E-state index in [-0.39, 0.29) is 35.0 Å². The van der Waals surface area contributed by atoms with Gasteiger partial charge in [-0.15, -0.1) is 0 Å². The van der Waals surface area contributed by atoms with Crippen molar-refractivity contribution in [2.24, 2.45) is 5.16 Å². The lowest BCUT2D eigenvalue weighted by molar-refractivity contribution is -0.110. The number of ether oxygens (including phenoxy) is 2. The third kappa shape index (κ3) is 6.07. The van der Waals surface area contributed by atoms with Crippen molar-refractivity contribution in [1.82, 2.24) is 9.29 Å². The van der Waals surface area contributed by atoms with Crippen LogP contribution in [0.15, 0.2) is 40.5 Å². The van der Waals surface area contributed by atoms with E-state index in [1.165, 1.54) is 42.7 Å². The number of hydrogen-bond acceptors (Lipinski definition) is 9. The molecule has 32 heavy (non-hydrogen) atoms. The summed E-state index contributed by atoms with van der Waals surface area (Å²) in [5.74, 6) is -0.675. The highest BCUT2D eigenvalue weighted by atomic mass is 32.2. The molecular formula is C19H23FN4O6S2. The van der Waals surface area contributed by atoms with Crippen LogP contribution >= 0.6 is 11.3 Å². The number of hydrogen-bond donors (Lipinski definition) is 1. The SMILES string of the molecule is COCCN(C)S(=O)(=O)c1ccc(C(=NO[C@@H]2CCOC2)C(=O)Nc2ncc(F)s2)cc1. The zero-order chi connectivity index (χ0) is 23.1. The van der Waals surface area contributed by atoms with Gasteiger partial charge in [-0.3, -0.25) is 10.1 Å². The lowest BCUT2D eigenvalue weighted by Gasteiger charge is -2.17. The van der Waals surface area contributed by atoms with E-state index in [0.29, 0.717) is 36.5 Å². The number of amides is 1. The van der Waals surface area contributed by atoms with Crippen molar-refractivity contribution in [3.8, 4) is 0 Å². The van der Waals surface area contributed by atoms with Gasteiger partial charge in [0.1, 0.15) is 0 Å². The molecule has 0 unspecified atom stereocenters. The number of benzene rings is 1. The number of methoxy groups -OCH3 is 1. The molecule has 0 bridgehead atoms. The molecule has 3 rings (SSSR count). The van der Waals surface area contributed by atoms with Crippen molar-refractivity contribution in [2.45, 2.75) is 17.4 Å². The summed E-state index contributed by atoms with van der Waals surface area (Å²) in [7, 11) is -0.791. The summed E-state index contributed by atoms with van der Waals surface area (Å²) in [6.45, 7) is 1.33. The van der Waals surface area contributed by atoms with Crippen LogP contribution in [0.3, 0.4) is 0 Å². The summed E-state index contributed by atoms with van der Waals surface area (Å²) in [5, 5.41) is 5.95. The van der Waals surface area contributed by atoms with E-state index < -0.39 is 21.1 Å². The van der Waals surface area contributed by atoms with Gasteiger partial charge in [-0.2, -0.15) is 8.70 Å². The molecule has 174 valence electrons. The lowest BCUT2D eigenvalue weighted by Crippen LogP contribution is -2.30. The summed E-state index contributed by atoms with van der Waals surface area (Å²) in [4.78, 5) is 22.0. The molecule has 1 aliphatic rings. The molecule has 0 saturated carbocycles. The molecule has 1 N–H and O–H groups in total. The third-order valence-electron chi connectivity index (χ3n) is 4.54. The predicted octanol–water partition coefficient (Wildman–Crippen LogP) is 1.70. The van der Waals surface area contributed by atoms with Crippen LogP contribution in [0.2, 0.25) is 0 Å². The summed E-state index contributed by atoms with van der Waals surface area (Å²) >= 11 is 0.667. The second-order valence-corrected chi connectivity index (χ2v) is 9.82. The average Bonchev–Trinajstić information content (AvgIpc) is 3.44. The second kappa shape index (κ2) is 10.9. The van der Waals surface area contributed by atoms with Crippen molar-refractivity contribution < 1.29 is 31.9 Å². The number of nitrogens with one attached hydrogen (secondary N) is 1. The summed E-state index contributed by atoms with van der Waals surface area (Å²) in [5.41, 5.74) is 0.209. The van der Waals surface area contributed by atoms with Crippen molar-refractivity contribution in [1.29, 1.82) is 0 Å². The maximum absolute atomic E-state index is 13.2. The third-order valence-corrected chi connectivity index (χ3v) is 7.11. The topological polar surface area (TPSA) is 119 Å². The van der Waals surface area contributed by atoms with Crippen LogP contribution in [0.25, 0.3) is 0 Å². The molecule has 1 amide bonds. The van der Waals surface area contributed by atoms with E-state index in [1.54, 1.807) is 0 Å². The number of likely N-dealkylation sites (N-methyl/N-ethyl adjacent to an activating group) is 1. The average molecular weight is 487 g/mol. The monoisotopic (exact) mass is 486 g/mol. The number of halogens is 1. The second-order valence-electron chi connectivity index (χ2n) is 6.80. The number of anilines is 1. The molecule has 1 aromatic heterocycles. The standard InChI is InChI=1S/C19H23FN4O6S2/c1-24(8-10-28-2)32(26,27)15-5-3-13(4-6-15)17(23-30-14-7-9-29-12-14)18(25)22-19-21-11-16(20)31-19/h3-6,11,14H,7-10,12H2,1-2H3,(H,21,22,25)/t14-/m1/s1. The molecule has 1 fully saturated rings. The van der Waals surface area contributed by atoms with Gasteiger partial charge < -0.3 is 14.3 Å². The first-order chi connectivity index (χ1) is 15.3. The van der Waals surface area contributed by atoms with Crippen LogP contribution in [0, 0.1) is 5.13 Å². The maximum atomic E-state index is 13.2. The van der Waals surface area contributed by atoms with Crippen LogP contribution in [0.1, 0.15) is 12.0 Å². The zero-order valence-electron chi connectivity index (χ0n) is 17.5. The molecule has 0 radical (unpaired) electrons. The van der Waals surface area contributed by atoms with E-state index in [0.717, 1.165) is 6.20 Å². The number of aromatic nitrogens is 1. The Morgan fingerprint density at radius 3 is 2.75 bits per heavy atom. The molecule has 1 aromatic carbocycles.